The van der Waals surface area contributed by atoms with Crippen molar-refractivity contribution < 1.29 is 0 Å². The van der Waals surface area contributed by atoms with Crippen LogP contribution < -0.4 is 5.46 Å². The molecule has 29 heavy (non-hydrogen) atoms. The lowest BCUT2D eigenvalue weighted by Crippen LogP contribution is -2.21. The maximum atomic E-state index is 5.03. The van der Waals surface area contributed by atoms with E-state index in [-0.39, 0.29) is 4.36 Å². The molecule has 1 nitrogen and oxygen atoms in total. The number of benzene rings is 5. The summed E-state index contributed by atoms with van der Waals surface area (Å²) in [7, 11) is 0. The lowest BCUT2D eigenvalue weighted by molar-refractivity contribution is 1.42. The summed E-state index contributed by atoms with van der Waals surface area (Å²) < 4.78 is 0.0418. The SMILES string of the molecule is BrB(Br)c1cc2ccc3cccc4ccc(c1-c1ccc5ccccc5n1)c2c34. The molecule has 0 spiro atoms. The molecule has 0 saturated carbocycles. The molecule has 1 heterocycles. The summed E-state index contributed by atoms with van der Waals surface area (Å²) in [5.41, 5.74) is 4.39. The molecule has 6 rings (SSSR count). The first-order valence-corrected chi connectivity index (χ1v) is 11.4. The van der Waals surface area contributed by atoms with Crippen LogP contribution in [0.25, 0.3) is 54.5 Å². The second kappa shape index (κ2) is 6.55. The fraction of sp³-hybridized carbons (Fsp3) is 0. The van der Waals surface area contributed by atoms with Crippen LogP contribution in [-0.2, 0) is 0 Å². The van der Waals surface area contributed by atoms with Crippen LogP contribution in [-0.4, -0.2) is 9.34 Å². The third-order valence-electron chi connectivity index (χ3n) is 5.77. The van der Waals surface area contributed by atoms with E-state index in [1.807, 2.05) is 6.07 Å². The molecular weight excluding hydrogens is 485 g/mol. The molecule has 1 aromatic heterocycles. The summed E-state index contributed by atoms with van der Waals surface area (Å²) in [4.78, 5) is 5.03. The molecule has 0 unspecified atom stereocenters. The summed E-state index contributed by atoms with van der Waals surface area (Å²) in [5, 5.41) is 8.86. The molecule has 0 amide bonds. The van der Waals surface area contributed by atoms with Crippen molar-refractivity contribution in [2.45, 2.75) is 0 Å². The molecule has 0 fully saturated rings. The van der Waals surface area contributed by atoms with Crippen molar-refractivity contribution in [3.8, 4) is 11.3 Å². The van der Waals surface area contributed by atoms with Crippen LogP contribution in [0.4, 0.5) is 0 Å². The van der Waals surface area contributed by atoms with Gasteiger partial charge >= 0.3 is 4.36 Å². The number of rotatable bonds is 2. The second-order valence-corrected chi connectivity index (χ2v) is 10.4. The molecule has 0 saturated heterocycles. The first-order valence-electron chi connectivity index (χ1n) is 9.55. The van der Waals surface area contributed by atoms with Gasteiger partial charge in [-0.3, -0.25) is 0 Å². The molecule has 0 aliphatic rings. The molecule has 0 atom stereocenters. The van der Waals surface area contributed by atoms with Crippen LogP contribution in [0.2, 0.25) is 0 Å². The van der Waals surface area contributed by atoms with E-state index in [0.717, 1.165) is 16.6 Å². The van der Waals surface area contributed by atoms with Crippen LogP contribution in [0.5, 0.6) is 0 Å². The summed E-state index contributed by atoms with van der Waals surface area (Å²) in [5.74, 6) is 0. The maximum absolute atomic E-state index is 5.03. The highest BCUT2D eigenvalue weighted by Gasteiger charge is 2.21. The predicted molar refractivity (Wildman–Crippen MR) is 134 cm³/mol. The highest BCUT2D eigenvalue weighted by molar-refractivity contribution is 9.49. The predicted octanol–water partition coefficient (Wildman–Crippen LogP) is 7.28. The largest absolute Gasteiger partial charge is 0.330 e. The van der Waals surface area contributed by atoms with Gasteiger partial charge in [0.2, 0.25) is 0 Å². The van der Waals surface area contributed by atoms with Crippen molar-refractivity contribution in [1.82, 2.24) is 4.98 Å². The van der Waals surface area contributed by atoms with E-state index in [9.17, 15) is 0 Å². The lowest BCUT2D eigenvalue weighted by atomic mass is 9.81. The van der Waals surface area contributed by atoms with E-state index in [1.165, 1.54) is 43.3 Å². The number of nitrogens with zero attached hydrogens (tertiary/aromatic N) is 1. The fourth-order valence-electron chi connectivity index (χ4n) is 4.50. The van der Waals surface area contributed by atoms with E-state index in [0.29, 0.717) is 0 Å². The first kappa shape index (κ1) is 17.4. The molecule has 136 valence electrons. The molecule has 0 radical (unpaired) electrons. The maximum Gasteiger partial charge on any atom is 0.330 e. The summed E-state index contributed by atoms with van der Waals surface area (Å²) in [6, 6.07) is 30.3. The Labute approximate surface area is 185 Å². The Balaban J connectivity index is 1.80. The van der Waals surface area contributed by atoms with Crippen molar-refractivity contribution in [3.05, 3.63) is 84.9 Å². The van der Waals surface area contributed by atoms with E-state index >= 15 is 0 Å². The zero-order chi connectivity index (χ0) is 19.5. The molecule has 0 aliphatic carbocycles. The van der Waals surface area contributed by atoms with Gasteiger partial charge in [-0.05, 0) is 49.9 Å². The highest BCUT2D eigenvalue weighted by Crippen LogP contribution is 2.39. The Morgan fingerprint density at radius 1 is 0.621 bits per heavy atom. The van der Waals surface area contributed by atoms with Gasteiger partial charge in [-0.2, -0.15) is 0 Å². The second-order valence-electron chi connectivity index (χ2n) is 7.39. The Morgan fingerprint density at radius 2 is 1.31 bits per heavy atom. The van der Waals surface area contributed by atoms with E-state index < -0.39 is 0 Å². The summed E-state index contributed by atoms with van der Waals surface area (Å²) in [6.07, 6.45) is 0. The normalized spacial score (nSPS) is 11.8. The number of fused-ring (bicyclic) bond motifs is 1. The number of pyridine rings is 1. The van der Waals surface area contributed by atoms with E-state index in [1.54, 1.807) is 0 Å². The van der Waals surface area contributed by atoms with Gasteiger partial charge in [-0.1, -0.05) is 72.8 Å². The average molecular weight is 499 g/mol. The molecular formula is C25H14BBr2N. The van der Waals surface area contributed by atoms with Gasteiger partial charge in [0, 0.05) is 10.9 Å². The van der Waals surface area contributed by atoms with E-state index in [4.69, 9.17) is 4.98 Å². The highest BCUT2D eigenvalue weighted by atomic mass is 79.9. The zero-order valence-electron chi connectivity index (χ0n) is 15.4. The number of hydrogen-bond donors (Lipinski definition) is 0. The fourth-order valence-corrected chi connectivity index (χ4v) is 5.22. The monoisotopic (exact) mass is 497 g/mol. The number of halogens is 2. The smallest absolute Gasteiger partial charge is 0.248 e. The topological polar surface area (TPSA) is 12.9 Å². The third kappa shape index (κ3) is 2.63. The Morgan fingerprint density at radius 3 is 2.14 bits per heavy atom. The molecule has 5 aromatic carbocycles. The van der Waals surface area contributed by atoms with Gasteiger partial charge in [0.1, 0.15) is 0 Å². The van der Waals surface area contributed by atoms with Crippen molar-refractivity contribution >= 4 is 84.6 Å². The first-order chi connectivity index (χ1) is 14.2. The molecule has 6 aromatic rings. The van der Waals surface area contributed by atoms with Gasteiger partial charge in [0.15, 0.2) is 0 Å². The van der Waals surface area contributed by atoms with Crippen LogP contribution in [0, 0.1) is 0 Å². The van der Waals surface area contributed by atoms with Crippen LogP contribution >= 0.6 is 31.5 Å². The summed E-state index contributed by atoms with van der Waals surface area (Å²) >= 11 is 7.52. The minimum Gasteiger partial charge on any atom is -0.248 e. The Hall–Kier alpha value is -2.43. The molecule has 0 aliphatic heterocycles. The minimum atomic E-state index is 0.0418. The van der Waals surface area contributed by atoms with Crippen molar-refractivity contribution in [2.75, 3.05) is 0 Å². The lowest BCUT2D eigenvalue weighted by Gasteiger charge is -2.18. The minimum absolute atomic E-state index is 0.0418. The van der Waals surface area contributed by atoms with Crippen LogP contribution in [0.15, 0.2) is 84.9 Å². The zero-order valence-corrected chi connectivity index (χ0v) is 18.5. The van der Waals surface area contributed by atoms with Crippen molar-refractivity contribution in [1.29, 1.82) is 0 Å². The van der Waals surface area contributed by atoms with Gasteiger partial charge in [0.05, 0.1) is 11.2 Å². The van der Waals surface area contributed by atoms with Gasteiger partial charge in [0.25, 0.3) is 0 Å². The number of aromatic nitrogens is 1. The van der Waals surface area contributed by atoms with Crippen molar-refractivity contribution in [2.24, 2.45) is 0 Å². The van der Waals surface area contributed by atoms with Gasteiger partial charge in [-0.15, -0.1) is 31.5 Å². The van der Waals surface area contributed by atoms with Crippen LogP contribution in [0.1, 0.15) is 0 Å². The van der Waals surface area contributed by atoms with Gasteiger partial charge < -0.3 is 0 Å². The van der Waals surface area contributed by atoms with Crippen molar-refractivity contribution in [3.63, 3.8) is 0 Å². The Kier molecular flexibility index (Phi) is 3.94. The summed E-state index contributed by atoms with van der Waals surface area (Å²) in [6.45, 7) is 0. The number of hydrogen-bond acceptors (Lipinski definition) is 1. The molecule has 0 N–H and O–H groups in total. The average Bonchev–Trinajstić information content (AvgIpc) is 2.76. The van der Waals surface area contributed by atoms with E-state index in [2.05, 4.69) is 110 Å². The standard InChI is InChI=1S/C25H14BBr2N/c27-26(28)20-14-18-9-8-16-5-3-6-17-10-12-19(24(18)23(16)17)25(20)22-13-11-15-4-1-2-7-21(15)29-22/h1-14H. The van der Waals surface area contributed by atoms with Crippen LogP contribution in [0.3, 0.4) is 0 Å². The third-order valence-corrected chi connectivity index (χ3v) is 6.75. The van der Waals surface area contributed by atoms with Gasteiger partial charge in [-0.25, -0.2) is 4.98 Å². The molecule has 0 bridgehead atoms. The quantitative estimate of drug-likeness (QED) is 0.180. The number of para-hydroxylation sites is 1. The Bertz CT molecular complexity index is 1530. The molecule has 4 heteroatoms.